The largest absolute Gasteiger partial charge is 0.492 e. The van der Waals surface area contributed by atoms with Gasteiger partial charge in [0.15, 0.2) is 17.6 Å². The highest BCUT2D eigenvalue weighted by atomic mass is 35.5. The van der Waals surface area contributed by atoms with Gasteiger partial charge in [-0.15, -0.1) is 21.5 Å². The zero-order valence-electron chi connectivity index (χ0n) is 37.7. The number of benzene rings is 3. The highest BCUT2D eigenvalue weighted by Crippen LogP contribution is 2.40. The van der Waals surface area contributed by atoms with E-state index in [2.05, 4.69) is 44.6 Å². The number of nitrogens with zero attached hydrogens (tertiary/aromatic N) is 6. The van der Waals surface area contributed by atoms with E-state index in [0.717, 1.165) is 49.0 Å². The van der Waals surface area contributed by atoms with Gasteiger partial charge in [0.2, 0.25) is 11.8 Å². The van der Waals surface area contributed by atoms with Crippen molar-refractivity contribution in [3.8, 4) is 39.1 Å². The number of H-pyrrole nitrogens is 1. The number of pyridine rings is 1. The Morgan fingerprint density at radius 1 is 0.855 bits per heavy atom. The quantitative estimate of drug-likeness (QED) is 0.0748. The molecule has 69 heavy (non-hydrogen) atoms. The molecule has 356 valence electrons. The van der Waals surface area contributed by atoms with E-state index in [-0.39, 0.29) is 76.5 Å². The predicted octanol–water partition coefficient (Wildman–Crippen LogP) is 6.68. The van der Waals surface area contributed by atoms with Crippen molar-refractivity contribution in [2.24, 2.45) is 4.99 Å². The van der Waals surface area contributed by atoms with Gasteiger partial charge in [0.25, 0.3) is 6.01 Å². The molecule has 0 saturated carbocycles. The van der Waals surface area contributed by atoms with E-state index >= 15 is 0 Å². The number of aromatic amines is 1. The lowest BCUT2D eigenvalue weighted by molar-refractivity contribution is -0.125. The first-order valence-electron chi connectivity index (χ1n) is 22.4. The smallest absolute Gasteiger partial charge is 0.296 e. The van der Waals surface area contributed by atoms with Crippen LogP contribution in [0.2, 0.25) is 10.0 Å². The van der Waals surface area contributed by atoms with E-state index in [4.69, 9.17) is 56.9 Å². The molecule has 2 saturated heterocycles. The zero-order valence-corrected chi connectivity index (χ0v) is 40.0. The molecule has 0 radical (unpaired) electrons. The highest BCUT2D eigenvalue weighted by Gasteiger charge is 2.48. The van der Waals surface area contributed by atoms with E-state index in [1.54, 1.807) is 17.4 Å². The number of amides is 2. The van der Waals surface area contributed by atoms with Crippen LogP contribution in [-0.2, 0) is 23.8 Å². The maximum absolute atomic E-state index is 13.3. The Bertz CT molecular complexity index is 3050. The van der Waals surface area contributed by atoms with Crippen LogP contribution in [0.1, 0.15) is 45.7 Å². The predicted molar refractivity (Wildman–Crippen MR) is 260 cm³/mol. The van der Waals surface area contributed by atoms with Crippen molar-refractivity contribution < 1.29 is 38.4 Å². The molecular formula is C49H47Cl2N9O8S. The molecule has 3 aromatic carbocycles. The van der Waals surface area contributed by atoms with Crippen molar-refractivity contribution in [1.29, 1.82) is 0 Å². The van der Waals surface area contributed by atoms with Crippen LogP contribution in [0.3, 0.4) is 0 Å². The molecule has 5 atom stereocenters. The van der Waals surface area contributed by atoms with Crippen molar-refractivity contribution in [3.63, 3.8) is 0 Å². The Balaban J connectivity index is 0.654. The number of imidazole rings is 1. The summed E-state index contributed by atoms with van der Waals surface area (Å²) in [7, 11) is 0. The summed E-state index contributed by atoms with van der Waals surface area (Å²) in [6.07, 6.45) is -1.81. The first-order chi connectivity index (χ1) is 33.5. The van der Waals surface area contributed by atoms with Crippen LogP contribution in [-0.4, -0.2) is 123 Å². The van der Waals surface area contributed by atoms with Gasteiger partial charge >= 0.3 is 0 Å². The molecule has 7 aromatic rings. The average molecular weight is 993 g/mol. The van der Waals surface area contributed by atoms with Crippen LogP contribution in [0.5, 0.6) is 11.8 Å². The van der Waals surface area contributed by atoms with Crippen molar-refractivity contribution in [2.45, 2.75) is 57.6 Å². The molecular weight excluding hydrogens is 946 g/mol. The van der Waals surface area contributed by atoms with Gasteiger partial charge in [0, 0.05) is 33.1 Å². The molecule has 3 aliphatic heterocycles. The lowest BCUT2D eigenvalue weighted by Gasteiger charge is -2.15. The Kier molecular flexibility index (Phi) is 13.5. The van der Waals surface area contributed by atoms with Gasteiger partial charge < -0.3 is 44.4 Å². The summed E-state index contributed by atoms with van der Waals surface area (Å²) in [5, 5.41) is 26.6. The third-order valence-corrected chi connectivity index (χ3v) is 14.0. The molecule has 2 amide bonds. The number of thiophene rings is 1. The molecule has 4 N–H and O–H groups in total. The molecule has 0 aliphatic carbocycles. The highest BCUT2D eigenvalue weighted by molar-refractivity contribution is 7.15. The van der Waals surface area contributed by atoms with Gasteiger partial charge in [-0.3, -0.25) is 19.1 Å². The summed E-state index contributed by atoms with van der Waals surface area (Å²) in [5.41, 5.74) is 8.22. The fourth-order valence-corrected chi connectivity index (χ4v) is 10.2. The van der Waals surface area contributed by atoms with Crippen LogP contribution in [0.25, 0.3) is 38.5 Å². The molecule has 10 rings (SSSR count). The number of carbonyl (C=O) groups excluding carboxylic acids is 2. The van der Waals surface area contributed by atoms with Crippen molar-refractivity contribution in [3.05, 3.63) is 122 Å². The van der Waals surface area contributed by atoms with E-state index in [1.165, 1.54) is 0 Å². The van der Waals surface area contributed by atoms with Crippen molar-refractivity contribution >= 4 is 63.2 Å². The van der Waals surface area contributed by atoms with Crippen LogP contribution >= 0.6 is 34.5 Å². The SMILES string of the molecule is Cc1sc2c(c1C)C(c1ccc(Cl)cc1)=N[C@@H](CC(=O)NCCOCC(=O)NCCOc1ccc(-c3ccc(-c4nc5nc(O[C@@H]6CO[C@H]7[C@@H]6OC[C@H]7O)[nH]c5cc4Cl)cc3)cc1)c1nnc(C)n1-2. The number of aryl methyl sites for hydroxylation is 2. The van der Waals surface area contributed by atoms with Crippen molar-refractivity contribution in [2.75, 3.05) is 46.1 Å². The van der Waals surface area contributed by atoms with E-state index < -0.39 is 24.4 Å². The lowest BCUT2D eigenvalue weighted by atomic mass is 9.99. The monoisotopic (exact) mass is 991 g/mol. The number of hydrogen-bond acceptors (Lipinski definition) is 14. The Hall–Kier alpha value is -6.25. The number of carbonyl (C=O) groups is 2. The van der Waals surface area contributed by atoms with Gasteiger partial charge in [-0.25, -0.2) is 4.98 Å². The fraction of sp³-hybridized carbons (Fsp3) is 0.327. The van der Waals surface area contributed by atoms with Gasteiger partial charge in [-0.05, 0) is 67.8 Å². The normalized spacial score (nSPS) is 19.4. The molecule has 7 heterocycles. The molecule has 3 aliphatic rings. The zero-order chi connectivity index (χ0) is 47.8. The van der Waals surface area contributed by atoms with E-state index in [0.29, 0.717) is 44.3 Å². The number of aliphatic imine (C=N–C) groups is 1. The second-order valence-electron chi connectivity index (χ2n) is 16.9. The summed E-state index contributed by atoms with van der Waals surface area (Å²) in [5.74, 6) is 1.43. The van der Waals surface area contributed by atoms with Crippen LogP contribution < -0.4 is 20.1 Å². The molecule has 20 heteroatoms. The summed E-state index contributed by atoms with van der Waals surface area (Å²) in [4.78, 5) is 44.4. The minimum atomic E-state index is -0.669. The Morgan fingerprint density at radius 2 is 1.55 bits per heavy atom. The molecule has 0 spiro atoms. The molecule has 0 bridgehead atoms. The van der Waals surface area contributed by atoms with E-state index in [1.807, 2.05) is 84.3 Å². The Labute approximate surface area is 410 Å². The first-order valence-corrected chi connectivity index (χ1v) is 24.0. The minimum absolute atomic E-state index is 0.0416. The van der Waals surface area contributed by atoms with Crippen molar-refractivity contribution in [1.82, 2.24) is 40.3 Å². The maximum atomic E-state index is 13.3. The number of aliphatic hydroxyl groups excluding tert-OH is 1. The van der Waals surface area contributed by atoms with Gasteiger partial charge in [-0.2, -0.15) is 4.98 Å². The van der Waals surface area contributed by atoms with Crippen LogP contribution in [0, 0.1) is 20.8 Å². The van der Waals surface area contributed by atoms with Gasteiger partial charge in [0.1, 0.15) is 54.1 Å². The molecule has 2 fully saturated rings. The number of rotatable bonds is 16. The van der Waals surface area contributed by atoms with Gasteiger partial charge in [-0.1, -0.05) is 71.7 Å². The fourth-order valence-electron chi connectivity index (χ4n) is 8.62. The summed E-state index contributed by atoms with van der Waals surface area (Å²) in [6.45, 7) is 7.28. The number of ether oxygens (including phenoxy) is 5. The standard InChI is InChI=1S/C49H47Cl2N9O8S/c1-25-26(2)69-48-41(25)43(31-8-12-32(50)13-9-31)54-36(47-59-58-27(3)60(47)48)21-39(62)52-16-18-64-24-40(63)53-17-19-65-33-14-10-29(11-15-33)28-4-6-30(7-5-28)42-34(51)20-35-46(56-42)57-49(55-35)68-38-23-67-44-37(61)22-66-45(38)44/h4-15,20,36-38,44-45,61H,16-19,21-24H2,1-3H3,(H,52,62)(H,53,63)(H,55,56,57)/t36-,37+,38+,44+,45+/m0/s1. The van der Waals surface area contributed by atoms with E-state index in [9.17, 15) is 14.7 Å². The molecule has 4 aromatic heterocycles. The van der Waals surface area contributed by atoms with Crippen LogP contribution in [0.15, 0.2) is 83.9 Å². The number of aliphatic hydroxyl groups is 1. The topological polar surface area (TPSA) is 209 Å². The summed E-state index contributed by atoms with van der Waals surface area (Å²) in [6, 6.07) is 24.5. The van der Waals surface area contributed by atoms with Crippen LogP contribution in [0.4, 0.5) is 0 Å². The minimum Gasteiger partial charge on any atom is -0.492 e. The number of aromatic nitrogens is 6. The number of nitrogens with one attached hydrogen (secondary N) is 3. The molecule has 17 nitrogen and oxygen atoms in total. The third-order valence-electron chi connectivity index (χ3n) is 12.2. The number of fused-ring (bicyclic) bond motifs is 5. The second kappa shape index (κ2) is 20.0. The maximum Gasteiger partial charge on any atom is 0.296 e. The number of halogens is 2. The second-order valence-corrected chi connectivity index (χ2v) is 18.9. The lowest BCUT2D eigenvalue weighted by Crippen LogP contribution is -2.34. The average Bonchev–Trinajstić information content (AvgIpc) is 4.16. The number of hydrogen-bond donors (Lipinski definition) is 4. The Morgan fingerprint density at radius 3 is 2.33 bits per heavy atom. The van der Waals surface area contributed by atoms with Gasteiger partial charge in [0.05, 0.1) is 54.7 Å². The third kappa shape index (κ3) is 9.83. The molecule has 0 unspecified atom stereocenters. The summed E-state index contributed by atoms with van der Waals surface area (Å²) >= 11 is 14.6. The first kappa shape index (κ1) is 46.5. The summed E-state index contributed by atoms with van der Waals surface area (Å²) < 4.78 is 30.8.